The number of hydrogen-bond acceptors (Lipinski definition) is 3. The van der Waals surface area contributed by atoms with E-state index in [-0.39, 0.29) is 16.7 Å². The first-order valence-corrected chi connectivity index (χ1v) is 8.97. The molecule has 0 unspecified atom stereocenters. The quantitative estimate of drug-likeness (QED) is 0.932. The summed E-state index contributed by atoms with van der Waals surface area (Å²) in [6, 6.07) is 15.2. The van der Waals surface area contributed by atoms with Crippen LogP contribution in [-0.4, -0.2) is 32.4 Å². The average molecular weight is 334 g/mol. The van der Waals surface area contributed by atoms with Crippen LogP contribution in [0.4, 0.5) is 4.39 Å². The van der Waals surface area contributed by atoms with Gasteiger partial charge >= 0.3 is 0 Å². The van der Waals surface area contributed by atoms with Gasteiger partial charge in [-0.1, -0.05) is 42.5 Å². The van der Waals surface area contributed by atoms with Gasteiger partial charge in [0.05, 0.1) is 0 Å². The molecule has 2 aromatic carbocycles. The van der Waals surface area contributed by atoms with Crippen LogP contribution in [0.2, 0.25) is 0 Å². The lowest BCUT2D eigenvalue weighted by Crippen LogP contribution is -2.30. The van der Waals surface area contributed by atoms with Crippen molar-refractivity contribution in [2.24, 2.45) is 11.7 Å². The highest BCUT2D eigenvalue weighted by molar-refractivity contribution is 7.89. The number of rotatable bonds is 4. The van der Waals surface area contributed by atoms with Gasteiger partial charge in [0.2, 0.25) is 10.0 Å². The molecule has 0 amide bonds. The summed E-state index contributed by atoms with van der Waals surface area (Å²) in [7, 11) is -3.85. The molecule has 6 heteroatoms. The standard InChI is InChI=1S/C17H19FN2O2S/c18-16-8-4-5-9-17(16)23(21,22)20-11-14(10-19)15(12-20)13-6-2-1-3-7-13/h1-9,14-15H,10-12,19H2/t14-,15+/m1/s1. The Kier molecular flexibility index (Phi) is 4.48. The molecule has 122 valence electrons. The topological polar surface area (TPSA) is 63.4 Å². The van der Waals surface area contributed by atoms with Crippen LogP contribution in [0.3, 0.4) is 0 Å². The molecule has 4 nitrogen and oxygen atoms in total. The average Bonchev–Trinajstić information content (AvgIpc) is 3.01. The van der Waals surface area contributed by atoms with Crippen LogP contribution in [-0.2, 0) is 10.0 Å². The Morgan fingerprint density at radius 1 is 1.04 bits per heavy atom. The van der Waals surface area contributed by atoms with E-state index in [0.29, 0.717) is 19.6 Å². The number of halogens is 1. The Bertz CT molecular complexity index is 780. The van der Waals surface area contributed by atoms with Gasteiger partial charge in [-0.2, -0.15) is 4.31 Å². The monoisotopic (exact) mass is 334 g/mol. The third-order valence-electron chi connectivity index (χ3n) is 4.39. The van der Waals surface area contributed by atoms with E-state index in [1.54, 1.807) is 0 Å². The zero-order valence-electron chi connectivity index (χ0n) is 12.6. The Balaban J connectivity index is 1.92. The van der Waals surface area contributed by atoms with Crippen LogP contribution in [0.1, 0.15) is 11.5 Å². The van der Waals surface area contributed by atoms with Gasteiger partial charge in [-0.15, -0.1) is 0 Å². The fourth-order valence-electron chi connectivity index (χ4n) is 3.14. The van der Waals surface area contributed by atoms with Gasteiger partial charge in [0.1, 0.15) is 10.7 Å². The van der Waals surface area contributed by atoms with Crippen molar-refractivity contribution in [2.45, 2.75) is 10.8 Å². The fraction of sp³-hybridized carbons (Fsp3) is 0.294. The Hall–Kier alpha value is -1.76. The lowest BCUT2D eigenvalue weighted by molar-refractivity contribution is 0.453. The smallest absolute Gasteiger partial charge is 0.246 e. The first kappa shape index (κ1) is 16.1. The highest BCUT2D eigenvalue weighted by Gasteiger charge is 2.40. The van der Waals surface area contributed by atoms with Gasteiger partial charge in [-0.05, 0) is 30.2 Å². The first-order valence-electron chi connectivity index (χ1n) is 7.53. The molecule has 0 radical (unpaired) electrons. The second-order valence-corrected chi connectivity index (χ2v) is 7.67. The molecule has 0 bridgehead atoms. The number of nitrogens with two attached hydrogens (primary N) is 1. The van der Waals surface area contributed by atoms with Crippen LogP contribution >= 0.6 is 0 Å². The summed E-state index contributed by atoms with van der Waals surface area (Å²) in [5.41, 5.74) is 6.90. The minimum Gasteiger partial charge on any atom is -0.330 e. The molecule has 1 heterocycles. The van der Waals surface area contributed by atoms with Crippen molar-refractivity contribution in [1.29, 1.82) is 0 Å². The maximum atomic E-state index is 13.9. The van der Waals surface area contributed by atoms with Crippen LogP contribution in [0.15, 0.2) is 59.5 Å². The van der Waals surface area contributed by atoms with E-state index in [0.717, 1.165) is 11.6 Å². The van der Waals surface area contributed by atoms with Gasteiger partial charge in [0, 0.05) is 19.0 Å². The molecule has 0 saturated carbocycles. The minimum absolute atomic E-state index is 0.0268. The van der Waals surface area contributed by atoms with Gasteiger partial charge in [-0.3, -0.25) is 0 Å². The molecule has 2 aromatic rings. The summed E-state index contributed by atoms with van der Waals surface area (Å²) in [6.45, 7) is 1.03. The van der Waals surface area contributed by atoms with Crippen molar-refractivity contribution < 1.29 is 12.8 Å². The van der Waals surface area contributed by atoms with E-state index in [1.165, 1.54) is 22.5 Å². The van der Waals surface area contributed by atoms with E-state index in [1.807, 2.05) is 30.3 Å². The molecule has 0 spiro atoms. The summed E-state index contributed by atoms with van der Waals surface area (Å²) in [6.07, 6.45) is 0. The van der Waals surface area contributed by atoms with Gasteiger partial charge in [0.25, 0.3) is 0 Å². The van der Waals surface area contributed by atoms with Crippen LogP contribution < -0.4 is 5.73 Å². The van der Waals surface area contributed by atoms with Crippen molar-refractivity contribution in [3.8, 4) is 0 Å². The Labute approximate surface area is 135 Å². The van der Waals surface area contributed by atoms with Crippen molar-refractivity contribution in [2.75, 3.05) is 19.6 Å². The summed E-state index contributed by atoms with van der Waals surface area (Å²) < 4.78 is 40.7. The Morgan fingerprint density at radius 3 is 2.35 bits per heavy atom. The molecule has 1 aliphatic rings. The number of hydrogen-bond donors (Lipinski definition) is 1. The van der Waals surface area contributed by atoms with E-state index < -0.39 is 15.8 Å². The molecule has 1 saturated heterocycles. The highest BCUT2D eigenvalue weighted by atomic mass is 32.2. The van der Waals surface area contributed by atoms with Crippen molar-refractivity contribution >= 4 is 10.0 Å². The maximum Gasteiger partial charge on any atom is 0.246 e. The molecule has 3 rings (SSSR count). The largest absolute Gasteiger partial charge is 0.330 e. The minimum atomic E-state index is -3.85. The van der Waals surface area contributed by atoms with Crippen LogP contribution in [0.5, 0.6) is 0 Å². The predicted molar refractivity (Wildman–Crippen MR) is 86.9 cm³/mol. The first-order chi connectivity index (χ1) is 11.0. The van der Waals surface area contributed by atoms with Crippen LogP contribution in [0.25, 0.3) is 0 Å². The molecular weight excluding hydrogens is 315 g/mol. The molecule has 0 aliphatic carbocycles. The highest BCUT2D eigenvalue weighted by Crippen LogP contribution is 2.35. The summed E-state index contributed by atoms with van der Waals surface area (Å²) >= 11 is 0. The Morgan fingerprint density at radius 2 is 1.70 bits per heavy atom. The second-order valence-electron chi connectivity index (χ2n) is 5.77. The van der Waals surface area contributed by atoms with Crippen molar-refractivity contribution in [1.82, 2.24) is 4.31 Å². The van der Waals surface area contributed by atoms with Gasteiger partial charge in [0.15, 0.2) is 0 Å². The maximum absolute atomic E-state index is 13.9. The molecule has 1 fully saturated rings. The molecule has 2 atom stereocenters. The fourth-order valence-corrected chi connectivity index (χ4v) is 4.73. The SMILES string of the molecule is NC[C@@H]1CN(S(=O)(=O)c2ccccc2F)C[C@H]1c1ccccc1. The lowest BCUT2D eigenvalue weighted by Gasteiger charge is -2.17. The number of nitrogens with zero attached hydrogens (tertiary/aromatic N) is 1. The molecule has 23 heavy (non-hydrogen) atoms. The number of sulfonamides is 1. The summed E-state index contributed by atoms with van der Waals surface area (Å²) in [4.78, 5) is -0.274. The van der Waals surface area contributed by atoms with Gasteiger partial charge < -0.3 is 5.73 Å². The third kappa shape index (κ3) is 3.02. The van der Waals surface area contributed by atoms with Gasteiger partial charge in [-0.25, -0.2) is 12.8 Å². The third-order valence-corrected chi connectivity index (χ3v) is 6.26. The summed E-state index contributed by atoms with van der Waals surface area (Å²) in [5, 5.41) is 0. The van der Waals surface area contributed by atoms with E-state index >= 15 is 0 Å². The van der Waals surface area contributed by atoms with E-state index in [9.17, 15) is 12.8 Å². The zero-order chi connectivity index (χ0) is 16.4. The summed E-state index contributed by atoms with van der Waals surface area (Å²) in [5.74, 6) is -0.665. The molecule has 2 N–H and O–H groups in total. The normalized spacial score (nSPS) is 22.3. The second kappa shape index (κ2) is 6.39. The molecular formula is C17H19FN2O2S. The van der Waals surface area contributed by atoms with E-state index in [4.69, 9.17) is 5.73 Å². The number of benzene rings is 2. The van der Waals surface area contributed by atoms with Crippen LogP contribution in [0, 0.1) is 11.7 Å². The van der Waals surface area contributed by atoms with Crippen molar-refractivity contribution in [3.05, 3.63) is 66.0 Å². The lowest BCUT2D eigenvalue weighted by atomic mass is 9.89. The van der Waals surface area contributed by atoms with E-state index in [2.05, 4.69) is 0 Å². The predicted octanol–water partition coefficient (Wildman–Crippen LogP) is 2.19. The molecule has 1 aliphatic heterocycles. The van der Waals surface area contributed by atoms with Crippen molar-refractivity contribution in [3.63, 3.8) is 0 Å². The molecule has 0 aromatic heterocycles. The zero-order valence-corrected chi connectivity index (χ0v) is 13.4.